The number of anilines is 1. The number of rotatable bonds is 6. The summed E-state index contributed by atoms with van der Waals surface area (Å²) in [5.74, 6) is 0.218. The van der Waals surface area contributed by atoms with Crippen molar-refractivity contribution >= 4 is 11.7 Å². The van der Waals surface area contributed by atoms with Crippen LogP contribution in [0.3, 0.4) is 0 Å². The Morgan fingerprint density at radius 1 is 1.18 bits per heavy atom. The lowest BCUT2D eigenvalue weighted by Crippen LogP contribution is -2.49. The van der Waals surface area contributed by atoms with Gasteiger partial charge in [-0.2, -0.15) is 17.6 Å². The molecule has 1 saturated heterocycles. The predicted molar refractivity (Wildman–Crippen MR) is 92.4 cm³/mol. The summed E-state index contributed by atoms with van der Waals surface area (Å²) >= 11 is 0. The predicted octanol–water partition coefficient (Wildman–Crippen LogP) is 3.23. The highest BCUT2D eigenvalue weighted by Crippen LogP contribution is 2.20. The molecular formula is C17H19F4N5O2. The molecule has 2 aromatic rings. The van der Waals surface area contributed by atoms with Crippen LogP contribution in [0.2, 0.25) is 0 Å². The molecule has 1 aliphatic rings. The lowest BCUT2D eigenvalue weighted by atomic mass is 10.3. The molecule has 2 heterocycles. The first-order valence-corrected chi connectivity index (χ1v) is 8.55. The quantitative estimate of drug-likeness (QED) is 0.755. The van der Waals surface area contributed by atoms with Gasteiger partial charge in [0, 0.05) is 50.3 Å². The van der Waals surface area contributed by atoms with Crippen LogP contribution >= 0.6 is 0 Å². The largest absolute Gasteiger partial charge is 0.435 e. The SMILES string of the molecule is O=C(Nc1cccc(OC(F)F)c1)N1CCN(Cc2nccn2C(F)F)CC1. The zero-order chi connectivity index (χ0) is 20.1. The number of hydrogen-bond donors (Lipinski definition) is 1. The van der Waals surface area contributed by atoms with Crippen molar-refractivity contribution in [3.05, 3.63) is 42.5 Å². The van der Waals surface area contributed by atoms with Crippen LogP contribution in [-0.4, -0.2) is 58.2 Å². The number of carbonyl (C=O) groups is 1. The maximum atomic E-state index is 12.9. The maximum absolute atomic E-state index is 12.9. The van der Waals surface area contributed by atoms with Crippen LogP contribution in [0.4, 0.5) is 28.0 Å². The Kier molecular flexibility index (Phi) is 6.34. The van der Waals surface area contributed by atoms with E-state index in [1.807, 2.05) is 4.90 Å². The first-order chi connectivity index (χ1) is 13.4. The molecule has 0 spiro atoms. The molecule has 2 amide bonds. The molecule has 3 rings (SSSR count). The number of aromatic nitrogens is 2. The van der Waals surface area contributed by atoms with Gasteiger partial charge in [-0.1, -0.05) is 6.07 Å². The van der Waals surface area contributed by atoms with E-state index in [9.17, 15) is 22.4 Å². The van der Waals surface area contributed by atoms with E-state index in [1.165, 1.54) is 30.6 Å². The third-order valence-electron chi connectivity index (χ3n) is 4.29. The van der Waals surface area contributed by atoms with Gasteiger partial charge in [0.05, 0.1) is 6.54 Å². The standard InChI is InChI=1S/C17H19F4N5O2/c18-15(19)26-5-4-22-14(26)11-24-6-8-25(9-7-24)17(27)23-12-2-1-3-13(10-12)28-16(20)21/h1-5,10,15-16H,6-9,11H2,(H,23,27). The molecule has 11 heteroatoms. The molecular weight excluding hydrogens is 382 g/mol. The van der Waals surface area contributed by atoms with E-state index < -0.39 is 13.2 Å². The average molecular weight is 401 g/mol. The number of alkyl halides is 4. The van der Waals surface area contributed by atoms with Crippen LogP contribution in [0.25, 0.3) is 0 Å². The summed E-state index contributed by atoms with van der Waals surface area (Å²) in [6, 6.07) is 5.37. The Labute approximate surface area is 158 Å². The number of piperazine rings is 1. The van der Waals surface area contributed by atoms with E-state index in [0.717, 1.165) is 4.57 Å². The molecule has 0 unspecified atom stereocenters. The van der Waals surface area contributed by atoms with Crippen molar-refractivity contribution in [2.24, 2.45) is 0 Å². The number of nitrogens with zero attached hydrogens (tertiary/aromatic N) is 4. The second-order valence-electron chi connectivity index (χ2n) is 6.13. The van der Waals surface area contributed by atoms with Crippen molar-refractivity contribution in [2.75, 3.05) is 31.5 Å². The van der Waals surface area contributed by atoms with Gasteiger partial charge in [0.25, 0.3) is 0 Å². The van der Waals surface area contributed by atoms with Gasteiger partial charge in [0.1, 0.15) is 11.6 Å². The third-order valence-corrected chi connectivity index (χ3v) is 4.29. The first-order valence-electron chi connectivity index (χ1n) is 8.55. The summed E-state index contributed by atoms with van der Waals surface area (Å²) in [6.07, 6.45) is 2.56. The van der Waals surface area contributed by atoms with Crippen LogP contribution in [0, 0.1) is 0 Å². The summed E-state index contributed by atoms with van der Waals surface area (Å²) in [5.41, 5.74) is 0.338. The van der Waals surface area contributed by atoms with Crippen LogP contribution < -0.4 is 10.1 Å². The molecule has 1 aromatic heterocycles. The van der Waals surface area contributed by atoms with Gasteiger partial charge in [0.15, 0.2) is 0 Å². The minimum absolute atomic E-state index is 0.0489. The smallest absolute Gasteiger partial charge is 0.387 e. The summed E-state index contributed by atoms with van der Waals surface area (Å²) in [5, 5.41) is 2.64. The lowest BCUT2D eigenvalue weighted by Gasteiger charge is -2.34. The Morgan fingerprint density at radius 2 is 1.93 bits per heavy atom. The van der Waals surface area contributed by atoms with Gasteiger partial charge in [-0.3, -0.25) is 9.47 Å². The van der Waals surface area contributed by atoms with E-state index in [0.29, 0.717) is 31.9 Å². The molecule has 7 nitrogen and oxygen atoms in total. The van der Waals surface area contributed by atoms with Crippen LogP contribution in [0.1, 0.15) is 12.4 Å². The highest BCUT2D eigenvalue weighted by Gasteiger charge is 2.23. The summed E-state index contributed by atoms with van der Waals surface area (Å²) < 4.78 is 55.4. The summed E-state index contributed by atoms with van der Waals surface area (Å²) in [7, 11) is 0. The Morgan fingerprint density at radius 3 is 2.61 bits per heavy atom. The van der Waals surface area contributed by atoms with Gasteiger partial charge in [0.2, 0.25) is 0 Å². The molecule has 152 valence electrons. The molecule has 0 atom stereocenters. The third kappa shape index (κ3) is 5.12. The number of amides is 2. The second-order valence-corrected chi connectivity index (χ2v) is 6.13. The molecule has 0 saturated carbocycles. The fourth-order valence-corrected chi connectivity index (χ4v) is 2.91. The topological polar surface area (TPSA) is 62.6 Å². The molecule has 28 heavy (non-hydrogen) atoms. The van der Waals surface area contributed by atoms with Crippen LogP contribution in [0.5, 0.6) is 5.75 Å². The molecule has 1 fully saturated rings. The van der Waals surface area contributed by atoms with Crippen molar-refractivity contribution in [1.82, 2.24) is 19.4 Å². The number of halogens is 4. The maximum Gasteiger partial charge on any atom is 0.387 e. The van der Waals surface area contributed by atoms with E-state index >= 15 is 0 Å². The van der Waals surface area contributed by atoms with Crippen molar-refractivity contribution in [1.29, 1.82) is 0 Å². The highest BCUT2D eigenvalue weighted by atomic mass is 19.3. The van der Waals surface area contributed by atoms with Crippen LogP contribution in [0.15, 0.2) is 36.7 Å². The van der Waals surface area contributed by atoms with E-state index in [4.69, 9.17) is 0 Å². The number of nitrogens with one attached hydrogen (secondary N) is 1. The number of hydrogen-bond acceptors (Lipinski definition) is 4. The first kappa shape index (κ1) is 19.9. The number of urea groups is 1. The lowest BCUT2D eigenvalue weighted by molar-refractivity contribution is -0.0498. The zero-order valence-electron chi connectivity index (χ0n) is 14.8. The van der Waals surface area contributed by atoms with Crippen molar-refractivity contribution in [2.45, 2.75) is 19.7 Å². The van der Waals surface area contributed by atoms with Gasteiger partial charge < -0.3 is 15.0 Å². The van der Waals surface area contributed by atoms with E-state index in [-0.39, 0.29) is 24.1 Å². The van der Waals surface area contributed by atoms with Gasteiger partial charge in [-0.15, -0.1) is 0 Å². The number of carbonyl (C=O) groups excluding carboxylic acids is 1. The normalized spacial score (nSPS) is 15.3. The molecule has 0 bridgehead atoms. The number of imidazole rings is 1. The summed E-state index contributed by atoms with van der Waals surface area (Å²) in [6.45, 7) is -3.53. The van der Waals surface area contributed by atoms with Crippen molar-refractivity contribution < 1.29 is 27.1 Å². The van der Waals surface area contributed by atoms with Crippen molar-refractivity contribution in [3.8, 4) is 5.75 Å². The zero-order valence-corrected chi connectivity index (χ0v) is 14.8. The van der Waals surface area contributed by atoms with Crippen molar-refractivity contribution in [3.63, 3.8) is 0 Å². The van der Waals surface area contributed by atoms with E-state index in [1.54, 1.807) is 11.0 Å². The van der Waals surface area contributed by atoms with Gasteiger partial charge in [-0.25, -0.2) is 9.78 Å². The fourth-order valence-electron chi connectivity index (χ4n) is 2.91. The minimum Gasteiger partial charge on any atom is -0.435 e. The molecule has 1 aromatic carbocycles. The van der Waals surface area contributed by atoms with Crippen LogP contribution in [-0.2, 0) is 6.54 Å². The number of ether oxygens (including phenoxy) is 1. The monoisotopic (exact) mass is 401 g/mol. The Hall–Kier alpha value is -2.82. The van der Waals surface area contributed by atoms with E-state index in [2.05, 4.69) is 15.0 Å². The van der Waals surface area contributed by atoms with Gasteiger partial charge >= 0.3 is 19.2 Å². The summed E-state index contributed by atoms with van der Waals surface area (Å²) in [4.78, 5) is 19.8. The average Bonchev–Trinajstić information content (AvgIpc) is 3.10. The highest BCUT2D eigenvalue weighted by molar-refractivity contribution is 5.89. The molecule has 1 N–H and O–H groups in total. The molecule has 0 radical (unpaired) electrons. The molecule has 0 aliphatic carbocycles. The second kappa shape index (κ2) is 8.91. The fraction of sp³-hybridized carbons (Fsp3) is 0.412. The Balaban J connectivity index is 1.50. The Bertz CT molecular complexity index is 793. The minimum atomic E-state index is -2.94. The number of benzene rings is 1. The molecule has 1 aliphatic heterocycles. The van der Waals surface area contributed by atoms with Gasteiger partial charge in [-0.05, 0) is 12.1 Å².